The van der Waals surface area contributed by atoms with Gasteiger partial charge in [-0.05, 0) is 30.5 Å². The van der Waals surface area contributed by atoms with Gasteiger partial charge in [0.2, 0.25) is 15.9 Å². The molecule has 0 saturated carbocycles. The van der Waals surface area contributed by atoms with Gasteiger partial charge in [-0.1, -0.05) is 37.0 Å². The van der Waals surface area contributed by atoms with E-state index >= 15 is 0 Å². The van der Waals surface area contributed by atoms with Gasteiger partial charge in [0.1, 0.15) is 0 Å². The maximum absolute atomic E-state index is 12.0. The van der Waals surface area contributed by atoms with Crippen LogP contribution in [0, 0.1) is 5.92 Å². The second-order valence-corrected chi connectivity index (χ2v) is 7.51. The highest BCUT2D eigenvalue weighted by atomic mass is 35.5. The minimum Gasteiger partial charge on any atom is -0.355 e. The molecule has 0 aliphatic rings. The van der Waals surface area contributed by atoms with Crippen LogP contribution in [-0.2, 0) is 14.8 Å². The lowest BCUT2D eigenvalue weighted by Gasteiger charge is -2.09. The van der Waals surface area contributed by atoms with E-state index in [9.17, 15) is 13.2 Å². The van der Waals surface area contributed by atoms with Crippen LogP contribution in [0.2, 0.25) is 10.0 Å². The molecule has 1 aromatic rings. The third-order valence-electron chi connectivity index (χ3n) is 2.67. The second-order valence-electron chi connectivity index (χ2n) is 4.93. The number of halogens is 2. The SMILES string of the molecule is CC(C)CCNC(=O)CNS(=O)(=O)c1ccc(Cl)c(Cl)c1. The standard InChI is InChI=1S/C13H18Cl2N2O3S/c1-9(2)5-6-16-13(18)8-17-21(19,20)10-3-4-11(14)12(15)7-10/h3-4,7,9,17H,5-6,8H2,1-2H3,(H,16,18). The molecule has 0 radical (unpaired) electrons. The monoisotopic (exact) mass is 352 g/mol. The van der Waals surface area contributed by atoms with E-state index < -0.39 is 10.0 Å². The number of sulfonamides is 1. The second kappa shape index (κ2) is 7.98. The highest BCUT2D eigenvalue weighted by Crippen LogP contribution is 2.24. The zero-order chi connectivity index (χ0) is 16.0. The van der Waals surface area contributed by atoms with Crippen LogP contribution in [-0.4, -0.2) is 27.4 Å². The summed E-state index contributed by atoms with van der Waals surface area (Å²) in [5.74, 6) is 0.0949. The summed E-state index contributed by atoms with van der Waals surface area (Å²) in [6, 6.07) is 3.96. The van der Waals surface area contributed by atoms with Crippen LogP contribution in [0.4, 0.5) is 0 Å². The number of hydrogen-bond acceptors (Lipinski definition) is 3. The first kappa shape index (κ1) is 18.2. The zero-order valence-electron chi connectivity index (χ0n) is 11.8. The molecule has 0 saturated heterocycles. The van der Waals surface area contributed by atoms with E-state index in [4.69, 9.17) is 23.2 Å². The largest absolute Gasteiger partial charge is 0.355 e. The predicted octanol–water partition coefficient (Wildman–Crippen LogP) is 2.43. The maximum Gasteiger partial charge on any atom is 0.241 e. The fourth-order valence-electron chi connectivity index (χ4n) is 1.45. The van der Waals surface area contributed by atoms with Crippen molar-refractivity contribution in [1.82, 2.24) is 10.0 Å². The average molecular weight is 353 g/mol. The van der Waals surface area contributed by atoms with Crippen LogP contribution in [0.1, 0.15) is 20.3 Å². The molecule has 0 unspecified atom stereocenters. The molecule has 0 heterocycles. The van der Waals surface area contributed by atoms with Crippen molar-refractivity contribution in [1.29, 1.82) is 0 Å². The van der Waals surface area contributed by atoms with Crippen molar-refractivity contribution < 1.29 is 13.2 Å². The summed E-state index contributed by atoms with van der Waals surface area (Å²) in [4.78, 5) is 11.5. The maximum atomic E-state index is 12.0. The van der Waals surface area contributed by atoms with E-state index in [1.54, 1.807) is 0 Å². The third-order valence-corrected chi connectivity index (χ3v) is 4.81. The number of hydrogen-bond donors (Lipinski definition) is 2. The van der Waals surface area contributed by atoms with Crippen LogP contribution in [0.25, 0.3) is 0 Å². The number of amides is 1. The van der Waals surface area contributed by atoms with Crippen molar-refractivity contribution in [3.63, 3.8) is 0 Å². The van der Waals surface area contributed by atoms with Crippen molar-refractivity contribution in [2.24, 2.45) is 5.92 Å². The van der Waals surface area contributed by atoms with Crippen molar-refractivity contribution in [3.8, 4) is 0 Å². The fourth-order valence-corrected chi connectivity index (χ4v) is 2.82. The number of benzene rings is 1. The summed E-state index contributed by atoms with van der Waals surface area (Å²) in [6.07, 6.45) is 0.839. The van der Waals surface area contributed by atoms with Gasteiger partial charge >= 0.3 is 0 Å². The summed E-state index contributed by atoms with van der Waals surface area (Å²) in [6.45, 7) is 4.28. The number of carbonyl (C=O) groups is 1. The summed E-state index contributed by atoms with van der Waals surface area (Å²) in [5, 5.41) is 3.05. The van der Waals surface area contributed by atoms with Gasteiger partial charge < -0.3 is 5.32 Å². The molecule has 0 bridgehead atoms. The van der Waals surface area contributed by atoms with Gasteiger partial charge in [0, 0.05) is 6.54 Å². The highest BCUT2D eigenvalue weighted by Gasteiger charge is 2.16. The van der Waals surface area contributed by atoms with Gasteiger partial charge in [-0.15, -0.1) is 0 Å². The molecule has 1 amide bonds. The van der Waals surface area contributed by atoms with Gasteiger partial charge in [-0.2, -0.15) is 0 Å². The Hall–Kier alpha value is -0.820. The van der Waals surface area contributed by atoms with Gasteiger partial charge in [0.25, 0.3) is 0 Å². The Kier molecular flexibility index (Phi) is 6.93. The molecule has 0 spiro atoms. The molecule has 118 valence electrons. The lowest BCUT2D eigenvalue weighted by molar-refractivity contribution is -0.119. The summed E-state index contributed by atoms with van der Waals surface area (Å²) in [5.41, 5.74) is 0. The summed E-state index contributed by atoms with van der Waals surface area (Å²) < 4.78 is 26.2. The van der Waals surface area contributed by atoms with Crippen LogP contribution in [0.3, 0.4) is 0 Å². The molecule has 1 aromatic carbocycles. The van der Waals surface area contributed by atoms with Gasteiger partial charge in [-0.3, -0.25) is 4.79 Å². The van der Waals surface area contributed by atoms with Crippen LogP contribution in [0.15, 0.2) is 23.1 Å². The molecular weight excluding hydrogens is 335 g/mol. The smallest absolute Gasteiger partial charge is 0.241 e. The Morgan fingerprint density at radius 2 is 1.90 bits per heavy atom. The minimum atomic E-state index is -3.79. The molecule has 21 heavy (non-hydrogen) atoms. The molecule has 5 nitrogen and oxygen atoms in total. The normalized spacial score (nSPS) is 11.7. The summed E-state index contributed by atoms with van der Waals surface area (Å²) >= 11 is 11.5. The molecule has 2 N–H and O–H groups in total. The van der Waals surface area contributed by atoms with Gasteiger partial charge in [-0.25, -0.2) is 13.1 Å². The highest BCUT2D eigenvalue weighted by molar-refractivity contribution is 7.89. The first-order chi connectivity index (χ1) is 9.72. The Morgan fingerprint density at radius 3 is 2.48 bits per heavy atom. The van der Waals surface area contributed by atoms with Crippen LogP contribution in [0.5, 0.6) is 0 Å². The van der Waals surface area contributed by atoms with Gasteiger partial charge in [0.05, 0.1) is 21.5 Å². The third kappa shape index (κ3) is 6.22. The molecule has 0 aliphatic carbocycles. The predicted molar refractivity (Wildman–Crippen MR) is 84.1 cm³/mol. The zero-order valence-corrected chi connectivity index (χ0v) is 14.1. The fraction of sp³-hybridized carbons (Fsp3) is 0.462. The number of nitrogens with one attached hydrogen (secondary N) is 2. The van der Waals surface area contributed by atoms with Gasteiger partial charge in [0.15, 0.2) is 0 Å². The lowest BCUT2D eigenvalue weighted by Crippen LogP contribution is -2.37. The van der Waals surface area contributed by atoms with E-state index in [-0.39, 0.29) is 27.4 Å². The van der Waals surface area contributed by atoms with E-state index in [0.717, 1.165) is 6.42 Å². The Morgan fingerprint density at radius 1 is 1.24 bits per heavy atom. The number of rotatable bonds is 7. The van der Waals surface area contributed by atoms with E-state index in [0.29, 0.717) is 12.5 Å². The molecule has 0 fully saturated rings. The first-order valence-corrected chi connectivity index (χ1v) is 8.67. The minimum absolute atomic E-state index is 0.0353. The Bertz CT molecular complexity index is 603. The van der Waals surface area contributed by atoms with E-state index in [2.05, 4.69) is 10.0 Å². The Labute approximate surface area is 135 Å². The molecule has 1 rings (SSSR count). The quantitative estimate of drug-likeness (QED) is 0.791. The topological polar surface area (TPSA) is 75.3 Å². The van der Waals surface area contributed by atoms with Crippen molar-refractivity contribution in [2.75, 3.05) is 13.1 Å². The van der Waals surface area contributed by atoms with E-state index in [1.807, 2.05) is 13.8 Å². The molecule has 0 atom stereocenters. The van der Waals surface area contributed by atoms with Crippen molar-refractivity contribution in [2.45, 2.75) is 25.2 Å². The molecular formula is C13H18Cl2N2O3S. The van der Waals surface area contributed by atoms with Crippen molar-refractivity contribution in [3.05, 3.63) is 28.2 Å². The first-order valence-electron chi connectivity index (χ1n) is 6.44. The Balaban J connectivity index is 2.56. The lowest BCUT2D eigenvalue weighted by atomic mass is 10.1. The molecule has 8 heteroatoms. The van der Waals surface area contributed by atoms with E-state index in [1.165, 1.54) is 18.2 Å². The number of carbonyl (C=O) groups excluding carboxylic acids is 1. The molecule has 0 aliphatic heterocycles. The summed E-state index contributed by atoms with van der Waals surface area (Å²) in [7, 11) is -3.79. The average Bonchev–Trinajstić information content (AvgIpc) is 2.39. The van der Waals surface area contributed by atoms with Crippen LogP contribution >= 0.6 is 23.2 Å². The van der Waals surface area contributed by atoms with Crippen LogP contribution < -0.4 is 10.0 Å². The molecule has 0 aromatic heterocycles. The van der Waals surface area contributed by atoms with Crippen molar-refractivity contribution >= 4 is 39.1 Å².